The predicted molar refractivity (Wildman–Crippen MR) is 102 cm³/mol. The van der Waals surface area contributed by atoms with Crippen molar-refractivity contribution in [2.75, 3.05) is 11.9 Å². The lowest BCUT2D eigenvalue weighted by Crippen LogP contribution is -2.21. The van der Waals surface area contributed by atoms with Crippen LogP contribution in [0.3, 0.4) is 0 Å². The van der Waals surface area contributed by atoms with Crippen molar-refractivity contribution >= 4 is 11.6 Å². The lowest BCUT2D eigenvalue weighted by molar-refractivity contribution is -0.153. The first-order valence-corrected chi connectivity index (χ1v) is 9.32. The van der Waals surface area contributed by atoms with E-state index >= 15 is 0 Å². The number of aromatic nitrogens is 1. The van der Waals surface area contributed by atoms with Crippen LogP contribution in [0, 0.1) is 5.82 Å². The van der Waals surface area contributed by atoms with Crippen LogP contribution < -0.4 is 10.1 Å². The fraction of sp³-hybridized carbons (Fsp3) is 0.238. The van der Waals surface area contributed by atoms with Gasteiger partial charge in [-0.05, 0) is 30.3 Å². The number of oxazole rings is 1. The highest BCUT2D eigenvalue weighted by Gasteiger charge is 2.33. The standard InChI is InChI=1S/C21H15F7N2O3/c22-14-4-2-1-3-13(14)17-10-29-19(33-17)8-7-18(31)30-15-9-12(21(26,27)28)5-6-16(15)32-11-20(23,24)25/h1-6,9-10H,7-8,11H2,(H,30,31). The van der Waals surface area contributed by atoms with Crippen molar-refractivity contribution in [2.24, 2.45) is 0 Å². The number of benzene rings is 2. The summed E-state index contributed by atoms with van der Waals surface area (Å²) in [6.45, 7) is -1.75. The zero-order chi connectivity index (χ0) is 24.2. The van der Waals surface area contributed by atoms with Crippen molar-refractivity contribution in [3.8, 4) is 17.1 Å². The second-order valence-electron chi connectivity index (χ2n) is 6.76. The van der Waals surface area contributed by atoms with Gasteiger partial charge in [0, 0.05) is 12.8 Å². The first-order valence-electron chi connectivity index (χ1n) is 9.32. The number of carbonyl (C=O) groups is 1. The number of hydrogen-bond donors (Lipinski definition) is 1. The molecular weight excluding hydrogens is 461 g/mol. The van der Waals surface area contributed by atoms with Crippen LogP contribution in [0.25, 0.3) is 11.3 Å². The third kappa shape index (κ3) is 6.70. The quantitative estimate of drug-likeness (QED) is 0.424. The number of nitrogens with zero attached hydrogens (tertiary/aromatic N) is 1. The molecule has 0 spiro atoms. The fourth-order valence-corrected chi connectivity index (χ4v) is 2.73. The van der Waals surface area contributed by atoms with Crippen molar-refractivity contribution in [3.63, 3.8) is 0 Å². The molecule has 0 atom stereocenters. The Balaban J connectivity index is 1.69. The van der Waals surface area contributed by atoms with Crippen molar-refractivity contribution in [1.82, 2.24) is 4.98 Å². The molecule has 1 amide bonds. The third-order valence-corrected chi connectivity index (χ3v) is 4.23. The molecule has 0 aliphatic carbocycles. The van der Waals surface area contributed by atoms with Crippen molar-refractivity contribution in [3.05, 3.63) is 65.9 Å². The van der Waals surface area contributed by atoms with Gasteiger partial charge in [0.05, 0.1) is 23.0 Å². The van der Waals surface area contributed by atoms with Crippen LogP contribution in [-0.2, 0) is 17.4 Å². The lowest BCUT2D eigenvalue weighted by Gasteiger charge is -2.16. The minimum atomic E-state index is -4.79. The molecule has 0 bridgehead atoms. The largest absolute Gasteiger partial charge is 0.482 e. The average molecular weight is 476 g/mol. The van der Waals surface area contributed by atoms with Gasteiger partial charge in [-0.25, -0.2) is 9.37 Å². The molecule has 0 saturated carbocycles. The number of amides is 1. The molecule has 0 radical (unpaired) electrons. The number of alkyl halides is 6. The topological polar surface area (TPSA) is 64.4 Å². The maximum Gasteiger partial charge on any atom is 0.422 e. The second-order valence-corrected chi connectivity index (χ2v) is 6.76. The van der Waals surface area contributed by atoms with Crippen molar-refractivity contribution < 1.29 is 44.7 Å². The van der Waals surface area contributed by atoms with Gasteiger partial charge in [-0.2, -0.15) is 26.3 Å². The van der Waals surface area contributed by atoms with E-state index in [9.17, 15) is 35.5 Å². The highest BCUT2D eigenvalue weighted by Crippen LogP contribution is 2.36. The molecule has 5 nitrogen and oxygen atoms in total. The Morgan fingerprint density at radius 2 is 1.79 bits per heavy atom. The minimum absolute atomic E-state index is 0.0565. The number of ether oxygens (including phenoxy) is 1. The second kappa shape index (κ2) is 9.51. The molecule has 1 N–H and O–H groups in total. The summed E-state index contributed by atoms with van der Waals surface area (Å²) in [5, 5.41) is 2.12. The van der Waals surface area contributed by atoms with Gasteiger partial charge < -0.3 is 14.5 Å². The Morgan fingerprint density at radius 1 is 1.06 bits per heavy atom. The van der Waals surface area contributed by atoms with Gasteiger partial charge in [0.2, 0.25) is 5.91 Å². The summed E-state index contributed by atoms with van der Waals surface area (Å²) >= 11 is 0. The van der Waals surface area contributed by atoms with Crippen molar-refractivity contribution in [2.45, 2.75) is 25.2 Å². The van der Waals surface area contributed by atoms with Gasteiger partial charge in [-0.15, -0.1) is 0 Å². The van der Waals surface area contributed by atoms with Crippen LogP contribution in [0.1, 0.15) is 17.9 Å². The normalized spacial score (nSPS) is 12.0. The van der Waals surface area contributed by atoms with Gasteiger partial charge in [-0.3, -0.25) is 4.79 Å². The minimum Gasteiger partial charge on any atom is -0.482 e. The van der Waals surface area contributed by atoms with Crippen LogP contribution >= 0.6 is 0 Å². The summed E-state index contributed by atoms with van der Waals surface area (Å²) in [6.07, 6.45) is -8.69. The highest BCUT2D eigenvalue weighted by atomic mass is 19.4. The van der Waals surface area contributed by atoms with E-state index in [0.717, 1.165) is 0 Å². The summed E-state index contributed by atoms with van der Waals surface area (Å²) in [6, 6.07) is 7.46. The van der Waals surface area contributed by atoms with Crippen LogP contribution in [0.2, 0.25) is 0 Å². The first kappa shape index (κ1) is 24.1. The van der Waals surface area contributed by atoms with Gasteiger partial charge >= 0.3 is 12.4 Å². The summed E-state index contributed by atoms with van der Waals surface area (Å²) < 4.78 is 99.9. The SMILES string of the molecule is O=C(CCc1ncc(-c2ccccc2F)o1)Nc1cc(C(F)(F)F)ccc1OCC(F)(F)F. The van der Waals surface area contributed by atoms with E-state index in [-0.39, 0.29) is 30.1 Å². The molecule has 0 saturated heterocycles. The summed E-state index contributed by atoms with van der Waals surface area (Å²) in [5.41, 5.74) is -1.60. The number of aryl methyl sites for hydroxylation is 1. The molecule has 3 rings (SSSR count). The van der Waals surface area contributed by atoms with E-state index in [1.165, 1.54) is 24.4 Å². The fourth-order valence-electron chi connectivity index (χ4n) is 2.73. The van der Waals surface area contributed by atoms with Crippen LogP contribution in [-0.4, -0.2) is 23.7 Å². The molecule has 0 fully saturated rings. The zero-order valence-electron chi connectivity index (χ0n) is 16.6. The van der Waals surface area contributed by atoms with Crippen LogP contribution in [0.5, 0.6) is 5.75 Å². The summed E-state index contributed by atoms with van der Waals surface area (Å²) in [4.78, 5) is 16.2. The van der Waals surface area contributed by atoms with Gasteiger partial charge in [-0.1, -0.05) is 12.1 Å². The zero-order valence-corrected chi connectivity index (χ0v) is 16.6. The molecule has 176 valence electrons. The predicted octanol–water partition coefficient (Wildman–Crippen LogP) is 6.01. The van der Waals surface area contributed by atoms with E-state index in [2.05, 4.69) is 15.0 Å². The Bertz CT molecular complexity index is 1120. The molecule has 3 aromatic rings. The van der Waals surface area contributed by atoms with E-state index < -0.39 is 47.7 Å². The number of anilines is 1. The maximum absolute atomic E-state index is 13.8. The van der Waals surface area contributed by atoms with E-state index in [0.29, 0.717) is 18.2 Å². The maximum atomic E-state index is 13.8. The molecule has 12 heteroatoms. The van der Waals surface area contributed by atoms with Crippen LogP contribution in [0.4, 0.5) is 36.4 Å². The van der Waals surface area contributed by atoms with E-state index in [1.807, 2.05) is 0 Å². The van der Waals surface area contributed by atoms with Crippen molar-refractivity contribution in [1.29, 1.82) is 0 Å². The van der Waals surface area contributed by atoms with Gasteiger partial charge in [0.1, 0.15) is 11.6 Å². The Morgan fingerprint density at radius 3 is 2.45 bits per heavy atom. The highest BCUT2D eigenvalue weighted by molar-refractivity contribution is 5.92. The number of nitrogens with one attached hydrogen (secondary N) is 1. The van der Waals surface area contributed by atoms with E-state index in [1.54, 1.807) is 6.07 Å². The van der Waals surface area contributed by atoms with Crippen LogP contribution in [0.15, 0.2) is 53.1 Å². The molecular formula is C21H15F7N2O3. The monoisotopic (exact) mass is 476 g/mol. The molecule has 0 aliphatic heterocycles. The van der Waals surface area contributed by atoms with E-state index in [4.69, 9.17) is 4.42 Å². The molecule has 1 heterocycles. The number of rotatable bonds is 7. The first-order chi connectivity index (χ1) is 15.4. The number of hydrogen-bond acceptors (Lipinski definition) is 4. The third-order valence-electron chi connectivity index (χ3n) is 4.23. The molecule has 0 unspecified atom stereocenters. The number of halogens is 7. The lowest BCUT2D eigenvalue weighted by atomic mass is 10.1. The Labute approximate surface area is 182 Å². The summed E-state index contributed by atoms with van der Waals surface area (Å²) in [7, 11) is 0. The Hall–Kier alpha value is -3.57. The van der Waals surface area contributed by atoms with Gasteiger partial charge in [0.15, 0.2) is 18.3 Å². The molecule has 1 aromatic heterocycles. The smallest absolute Gasteiger partial charge is 0.422 e. The molecule has 0 aliphatic rings. The van der Waals surface area contributed by atoms with Gasteiger partial charge in [0.25, 0.3) is 0 Å². The Kier molecular flexibility index (Phi) is 6.94. The number of carbonyl (C=O) groups excluding carboxylic acids is 1. The molecule has 2 aromatic carbocycles. The summed E-state index contributed by atoms with van der Waals surface area (Å²) in [5.74, 6) is -1.78. The molecule has 33 heavy (non-hydrogen) atoms. The average Bonchev–Trinajstić information content (AvgIpc) is 3.19.